The van der Waals surface area contributed by atoms with Gasteiger partial charge in [-0.15, -0.1) is 0 Å². The van der Waals surface area contributed by atoms with Gasteiger partial charge in [0.05, 0.1) is 34.3 Å². The number of hydrogen-bond donors (Lipinski definition) is 1. The molecule has 7 heteroatoms. The Labute approximate surface area is 176 Å². The Balaban J connectivity index is 1.90. The standard InChI is InChI=1S/C23H28N6O/c1-5-29-14-26-18-7-6-15(12-19(18)29)17-13-20(28(4)11-10-27(2)3)21(23(24)30)16-8-9-25-22(16)17/h6-7,9,12-14H,5,8,10-11H2,1-4H3,(H2,24,30). The fraction of sp³-hybridized carbons (Fsp3) is 0.348. The van der Waals surface area contributed by atoms with Crippen molar-refractivity contribution in [1.29, 1.82) is 0 Å². The molecule has 0 aliphatic carbocycles. The first-order chi connectivity index (χ1) is 14.4. The van der Waals surface area contributed by atoms with Gasteiger partial charge in [0, 0.05) is 44.9 Å². The number of carbonyl (C=O) groups excluding carboxylic acids is 1. The number of anilines is 1. The normalized spacial score (nSPS) is 12.7. The van der Waals surface area contributed by atoms with Gasteiger partial charge < -0.3 is 20.1 Å². The van der Waals surface area contributed by atoms with Gasteiger partial charge in [0.2, 0.25) is 0 Å². The molecule has 1 amide bonds. The van der Waals surface area contributed by atoms with Crippen LogP contribution in [-0.4, -0.2) is 60.8 Å². The summed E-state index contributed by atoms with van der Waals surface area (Å²) in [6, 6.07) is 8.33. The molecule has 3 aromatic rings. The number of nitrogens with two attached hydrogens (primary N) is 1. The van der Waals surface area contributed by atoms with Crippen molar-refractivity contribution in [2.45, 2.75) is 19.9 Å². The molecular weight excluding hydrogens is 376 g/mol. The minimum Gasteiger partial charge on any atom is -0.373 e. The SMILES string of the molecule is CCn1cnc2ccc(-c3cc(N(C)CCN(C)C)c(C(N)=O)c4c3N=CC4)cc21. The molecule has 0 fully saturated rings. The Kier molecular flexibility index (Phi) is 5.30. The predicted octanol–water partition coefficient (Wildman–Crippen LogP) is 3.08. The van der Waals surface area contributed by atoms with Crippen LogP contribution in [0, 0.1) is 0 Å². The Morgan fingerprint density at radius 3 is 2.70 bits per heavy atom. The Bertz CT molecular complexity index is 1140. The maximum absolute atomic E-state index is 12.4. The monoisotopic (exact) mass is 404 g/mol. The van der Waals surface area contributed by atoms with Gasteiger partial charge in [-0.05, 0) is 50.3 Å². The molecule has 2 N–H and O–H groups in total. The second-order valence-corrected chi connectivity index (χ2v) is 7.98. The molecule has 156 valence electrons. The van der Waals surface area contributed by atoms with E-state index in [4.69, 9.17) is 5.73 Å². The highest BCUT2D eigenvalue weighted by atomic mass is 16.1. The summed E-state index contributed by atoms with van der Waals surface area (Å²) in [6.07, 6.45) is 4.35. The minimum atomic E-state index is -0.408. The fourth-order valence-corrected chi connectivity index (χ4v) is 4.03. The number of benzene rings is 2. The van der Waals surface area contributed by atoms with Crippen molar-refractivity contribution in [2.24, 2.45) is 10.7 Å². The summed E-state index contributed by atoms with van der Waals surface area (Å²) in [4.78, 5) is 25.7. The quantitative estimate of drug-likeness (QED) is 0.656. The highest BCUT2D eigenvalue weighted by Crippen LogP contribution is 2.43. The van der Waals surface area contributed by atoms with Crippen molar-refractivity contribution in [2.75, 3.05) is 39.1 Å². The lowest BCUT2D eigenvalue weighted by molar-refractivity contribution is 0.1000. The van der Waals surface area contributed by atoms with Crippen LogP contribution >= 0.6 is 0 Å². The van der Waals surface area contributed by atoms with Gasteiger partial charge in [0.15, 0.2) is 0 Å². The highest BCUT2D eigenvalue weighted by molar-refractivity contribution is 6.06. The molecule has 0 bridgehead atoms. The van der Waals surface area contributed by atoms with Crippen LogP contribution < -0.4 is 10.6 Å². The van der Waals surface area contributed by atoms with E-state index in [0.717, 1.165) is 58.7 Å². The molecule has 7 nitrogen and oxygen atoms in total. The Hall–Kier alpha value is -3.19. The van der Waals surface area contributed by atoms with E-state index in [1.165, 1.54) is 0 Å². The summed E-state index contributed by atoms with van der Waals surface area (Å²) in [7, 11) is 6.08. The number of aryl methyl sites for hydroxylation is 1. The first-order valence-corrected chi connectivity index (χ1v) is 10.2. The third-order valence-electron chi connectivity index (χ3n) is 5.71. The third-order valence-corrected chi connectivity index (χ3v) is 5.71. The van der Waals surface area contributed by atoms with Crippen LogP contribution in [0.4, 0.5) is 11.4 Å². The smallest absolute Gasteiger partial charge is 0.251 e. The van der Waals surface area contributed by atoms with Crippen molar-refractivity contribution in [3.05, 3.63) is 41.7 Å². The van der Waals surface area contributed by atoms with Crippen molar-refractivity contribution in [3.8, 4) is 11.1 Å². The number of aromatic nitrogens is 2. The number of fused-ring (bicyclic) bond motifs is 2. The fourth-order valence-electron chi connectivity index (χ4n) is 4.03. The highest BCUT2D eigenvalue weighted by Gasteiger charge is 2.25. The Morgan fingerprint density at radius 1 is 1.20 bits per heavy atom. The molecule has 0 radical (unpaired) electrons. The van der Waals surface area contributed by atoms with E-state index in [1.807, 2.05) is 39.8 Å². The van der Waals surface area contributed by atoms with Gasteiger partial charge in [-0.2, -0.15) is 0 Å². The van der Waals surface area contributed by atoms with Gasteiger partial charge >= 0.3 is 0 Å². The number of amides is 1. The van der Waals surface area contributed by atoms with Crippen molar-refractivity contribution < 1.29 is 4.79 Å². The number of likely N-dealkylation sites (N-methyl/N-ethyl adjacent to an activating group) is 2. The second kappa shape index (κ2) is 7.91. The molecule has 2 aromatic carbocycles. The third kappa shape index (κ3) is 3.45. The summed E-state index contributed by atoms with van der Waals surface area (Å²) < 4.78 is 2.13. The molecular formula is C23H28N6O. The van der Waals surface area contributed by atoms with E-state index < -0.39 is 5.91 Å². The van der Waals surface area contributed by atoms with Gasteiger partial charge in [0.25, 0.3) is 5.91 Å². The average molecular weight is 405 g/mol. The molecule has 1 aliphatic rings. The van der Waals surface area contributed by atoms with Crippen LogP contribution in [0.2, 0.25) is 0 Å². The van der Waals surface area contributed by atoms with Crippen LogP contribution in [0.3, 0.4) is 0 Å². The molecule has 1 aliphatic heterocycles. The lowest BCUT2D eigenvalue weighted by Gasteiger charge is -2.26. The van der Waals surface area contributed by atoms with E-state index in [-0.39, 0.29) is 0 Å². The van der Waals surface area contributed by atoms with Crippen molar-refractivity contribution in [1.82, 2.24) is 14.5 Å². The number of primary amides is 1. The summed E-state index contributed by atoms with van der Waals surface area (Å²) in [5, 5.41) is 0. The molecule has 0 spiro atoms. The summed E-state index contributed by atoms with van der Waals surface area (Å²) in [5.74, 6) is -0.408. The van der Waals surface area contributed by atoms with E-state index in [1.54, 1.807) is 0 Å². The van der Waals surface area contributed by atoms with Crippen LogP contribution in [0.15, 0.2) is 35.6 Å². The minimum absolute atomic E-state index is 0.408. The zero-order chi connectivity index (χ0) is 21.4. The molecule has 0 saturated carbocycles. The first-order valence-electron chi connectivity index (χ1n) is 10.2. The van der Waals surface area contributed by atoms with Crippen LogP contribution in [0.25, 0.3) is 22.2 Å². The maximum atomic E-state index is 12.4. The van der Waals surface area contributed by atoms with E-state index in [9.17, 15) is 4.79 Å². The van der Waals surface area contributed by atoms with Crippen molar-refractivity contribution >= 4 is 34.5 Å². The van der Waals surface area contributed by atoms with Crippen LogP contribution in [0.5, 0.6) is 0 Å². The summed E-state index contributed by atoms with van der Waals surface area (Å²) in [6.45, 7) is 4.62. The average Bonchev–Trinajstić information content (AvgIpc) is 3.36. The molecule has 0 unspecified atom stereocenters. The van der Waals surface area contributed by atoms with Crippen LogP contribution in [0.1, 0.15) is 22.8 Å². The van der Waals surface area contributed by atoms with E-state index >= 15 is 0 Å². The Morgan fingerprint density at radius 2 is 2.00 bits per heavy atom. The lowest BCUT2D eigenvalue weighted by atomic mass is 9.93. The molecule has 1 aromatic heterocycles. The second-order valence-electron chi connectivity index (χ2n) is 7.98. The van der Waals surface area contributed by atoms with E-state index in [2.05, 4.69) is 49.5 Å². The predicted molar refractivity (Wildman–Crippen MR) is 123 cm³/mol. The number of carbonyl (C=O) groups is 1. The number of aliphatic imine (C=N–C) groups is 1. The van der Waals surface area contributed by atoms with Gasteiger partial charge in [0.1, 0.15) is 0 Å². The number of nitrogens with zero attached hydrogens (tertiary/aromatic N) is 5. The molecule has 0 saturated heterocycles. The maximum Gasteiger partial charge on any atom is 0.251 e. The molecule has 30 heavy (non-hydrogen) atoms. The molecule has 2 heterocycles. The topological polar surface area (TPSA) is 79.8 Å². The molecule has 4 rings (SSSR count). The summed E-state index contributed by atoms with van der Waals surface area (Å²) >= 11 is 0. The van der Waals surface area contributed by atoms with E-state index in [0.29, 0.717) is 12.0 Å². The first kappa shape index (κ1) is 20.1. The zero-order valence-electron chi connectivity index (χ0n) is 18.0. The zero-order valence-corrected chi connectivity index (χ0v) is 18.0. The van der Waals surface area contributed by atoms with Crippen molar-refractivity contribution in [3.63, 3.8) is 0 Å². The van der Waals surface area contributed by atoms with Crippen LogP contribution in [-0.2, 0) is 13.0 Å². The van der Waals surface area contributed by atoms with Gasteiger partial charge in [-0.25, -0.2) is 4.98 Å². The largest absolute Gasteiger partial charge is 0.373 e. The van der Waals surface area contributed by atoms with Gasteiger partial charge in [-0.3, -0.25) is 9.79 Å². The van der Waals surface area contributed by atoms with Gasteiger partial charge in [-0.1, -0.05) is 6.07 Å². The number of hydrogen-bond acceptors (Lipinski definition) is 5. The lowest BCUT2D eigenvalue weighted by Crippen LogP contribution is -2.30. The summed E-state index contributed by atoms with van der Waals surface area (Å²) in [5.41, 5.74) is 13.1. The number of imidazole rings is 1. The molecule has 0 atom stereocenters. The number of rotatable bonds is 7.